The molecule has 2 aromatic carbocycles. The number of hydrogen-bond acceptors (Lipinski definition) is 3. The van der Waals surface area contributed by atoms with E-state index in [0.717, 1.165) is 5.56 Å². The van der Waals surface area contributed by atoms with Crippen LogP contribution in [0.1, 0.15) is 15.9 Å². The second kappa shape index (κ2) is 8.01. The summed E-state index contributed by atoms with van der Waals surface area (Å²) in [6.45, 7) is 0.452. The quantitative estimate of drug-likeness (QED) is 0.658. The molecule has 0 saturated heterocycles. The third kappa shape index (κ3) is 4.50. The first-order valence-corrected chi connectivity index (χ1v) is 8.37. The maximum Gasteiger partial charge on any atom is 0.253 e. The average Bonchev–Trinajstić information content (AvgIpc) is 2.64. The Morgan fingerprint density at radius 3 is 2.40 bits per heavy atom. The number of halogens is 2. The van der Waals surface area contributed by atoms with Gasteiger partial charge in [0.15, 0.2) is 0 Å². The molecule has 0 aliphatic heterocycles. The van der Waals surface area contributed by atoms with E-state index in [1.165, 1.54) is 6.20 Å². The number of nitrogens with zero attached hydrogens (tertiary/aromatic N) is 1. The third-order valence-corrected chi connectivity index (χ3v) is 4.16. The average molecular weight is 372 g/mol. The van der Waals surface area contributed by atoms with Gasteiger partial charge in [-0.25, -0.2) is 0 Å². The van der Waals surface area contributed by atoms with Crippen LogP contribution in [0.3, 0.4) is 0 Å². The number of nitrogens with one attached hydrogen (secondary N) is 2. The van der Waals surface area contributed by atoms with E-state index in [1.807, 2.05) is 30.3 Å². The van der Waals surface area contributed by atoms with Gasteiger partial charge in [0.05, 0.1) is 33.2 Å². The van der Waals surface area contributed by atoms with Gasteiger partial charge in [-0.05, 0) is 23.8 Å². The summed E-state index contributed by atoms with van der Waals surface area (Å²) >= 11 is 12.3. The van der Waals surface area contributed by atoms with Crippen molar-refractivity contribution >= 4 is 40.5 Å². The normalized spacial score (nSPS) is 10.3. The van der Waals surface area contributed by atoms with E-state index in [2.05, 4.69) is 15.6 Å². The maximum atomic E-state index is 12.3. The van der Waals surface area contributed by atoms with Crippen molar-refractivity contribution in [2.75, 3.05) is 5.32 Å². The van der Waals surface area contributed by atoms with Crippen LogP contribution in [0.2, 0.25) is 10.0 Å². The van der Waals surface area contributed by atoms with E-state index >= 15 is 0 Å². The Morgan fingerprint density at radius 1 is 0.960 bits per heavy atom. The van der Waals surface area contributed by atoms with Crippen LogP contribution in [-0.4, -0.2) is 10.9 Å². The molecule has 126 valence electrons. The number of carbonyl (C=O) groups excluding carboxylic acids is 1. The SMILES string of the molecule is O=C(NCc1ccccc1)c1cncc(Nc2c(Cl)cccc2Cl)c1. The molecule has 0 aliphatic rings. The third-order valence-electron chi connectivity index (χ3n) is 3.53. The minimum atomic E-state index is -0.203. The van der Waals surface area contributed by atoms with Crippen LogP contribution in [0.25, 0.3) is 0 Å². The molecule has 0 saturated carbocycles. The molecule has 0 unspecified atom stereocenters. The van der Waals surface area contributed by atoms with E-state index in [0.29, 0.717) is 33.5 Å². The number of hydrogen-bond donors (Lipinski definition) is 2. The first-order chi connectivity index (χ1) is 12.1. The van der Waals surface area contributed by atoms with Crippen LogP contribution >= 0.6 is 23.2 Å². The molecule has 0 aliphatic carbocycles. The van der Waals surface area contributed by atoms with E-state index in [1.54, 1.807) is 30.5 Å². The molecule has 25 heavy (non-hydrogen) atoms. The Labute approximate surface area is 155 Å². The van der Waals surface area contributed by atoms with Crippen LogP contribution < -0.4 is 10.6 Å². The highest BCUT2D eigenvalue weighted by molar-refractivity contribution is 6.39. The number of anilines is 2. The number of para-hydroxylation sites is 1. The maximum absolute atomic E-state index is 12.3. The fraction of sp³-hybridized carbons (Fsp3) is 0.0526. The molecule has 6 heteroatoms. The van der Waals surface area contributed by atoms with Crippen LogP contribution in [0.15, 0.2) is 67.0 Å². The smallest absolute Gasteiger partial charge is 0.253 e. The predicted octanol–water partition coefficient (Wildman–Crippen LogP) is 5.06. The molecule has 2 N–H and O–H groups in total. The molecular formula is C19H15Cl2N3O. The molecule has 0 fully saturated rings. The zero-order valence-corrected chi connectivity index (χ0v) is 14.7. The van der Waals surface area contributed by atoms with E-state index in [4.69, 9.17) is 23.2 Å². The summed E-state index contributed by atoms with van der Waals surface area (Å²) in [5.41, 5.74) is 2.68. The Balaban J connectivity index is 1.72. The minimum absolute atomic E-state index is 0.203. The highest BCUT2D eigenvalue weighted by Gasteiger charge is 2.09. The van der Waals surface area contributed by atoms with Gasteiger partial charge in [-0.2, -0.15) is 0 Å². The van der Waals surface area contributed by atoms with Gasteiger partial charge in [0.25, 0.3) is 5.91 Å². The highest BCUT2D eigenvalue weighted by atomic mass is 35.5. The molecule has 1 heterocycles. The van der Waals surface area contributed by atoms with Gasteiger partial charge >= 0.3 is 0 Å². The van der Waals surface area contributed by atoms with Crippen molar-refractivity contribution in [3.05, 3.63) is 88.2 Å². The van der Waals surface area contributed by atoms with Gasteiger partial charge in [-0.1, -0.05) is 59.6 Å². The Hall–Kier alpha value is -2.56. The molecule has 0 spiro atoms. The van der Waals surface area contributed by atoms with Gasteiger partial charge in [0, 0.05) is 12.7 Å². The lowest BCUT2D eigenvalue weighted by atomic mass is 10.2. The number of benzene rings is 2. The monoisotopic (exact) mass is 371 g/mol. The first-order valence-electron chi connectivity index (χ1n) is 7.61. The molecule has 3 rings (SSSR count). The zero-order valence-electron chi connectivity index (χ0n) is 13.2. The van der Waals surface area contributed by atoms with Crippen molar-refractivity contribution in [2.45, 2.75) is 6.54 Å². The topological polar surface area (TPSA) is 54.0 Å². The minimum Gasteiger partial charge on any atom is -0.352 e. The second-order valence-electron chi connectivity index (χ2n) is 5.35. The molecule has 1 aromatic heterocycles. The van der Waals surface area contributed by atoms with Crippen LogP contribution in [-0.2, 0) is 6.54 Å². The Morgan fingerprint density at radius 2 is 1.68 bits per heavy atom. The van der Waals surface area contributed by atoms with Gasteiger partial charge < -0.3 is 10.6 Å². The Kier molecular flexibility index (Phi) is 5.53. The van der Waals surface area contributed by atoms with Gasteiger partial charge in [0.1, 0.15) is 0 Å². The molecule has 4 nitrogen and oxygen atoms in total. The van der Waals surface area contributed by atoms with Crippen molar-refractivity contribution in [2.24, 2.45) is 0 Å². The summed E-state index contributed by atoms with van der Waals surface area (Å²) in [6.07, 6.45) is 3.12. The predicted molar refractivity (Wildman–Crippen MR) is 102 cm³/mol. The van der Waals surface area contributed by atoms with E-state index in [9.17, 15) is 4.79 Å². The van der Waals surface area contributed by atoms with Crippen LogP contribution in [0.5, 0.6) is 0 Å². The lowest BCUT2D eigenvalue weighted by Gasteiger charge is -2.11. The van der Waals surface area contributed by atoms with Crippen molar-refractivity contribution in [3.63, 3.8) is 0 Å². The zero-order chi connectivity index (χ0) is 17.6. The first kappa shape index (κ1) is 17.3. The lowest BCUT2D eigenvalue weighted by molar-refractivity contribution is 0.0950. The number of rotatable bonds is 5. The number of carbonyl (C=O) groups is 1. The van der Waals surface area contributed by atoms with Crippen molar-refractivity contribution in [1.82, 2.24) is 10.3 Å². The van der Waals surface area contributed by atoms with Gasteiger partial charge in [-0.15, -0.1) is 0 Å². The molecule has 3 aromatic rings. The fourth-order valence-electron chi connectivity index (χ4n) is 2.27. The summed E-state index contributed by atoms with van der Waals surface area (Å²) in [5, 5.41) is 6.96. The van der Waals surface area contributed by atoms with Crippen molar-refractivity contribution in [1.29, 1.82) is 0 Å². The standard InChI is InChI=1S/C19H15Cl2N3O/c20-16-7-4-8-17(21)18(16)24-15-9-14(11-22-12-15)19(25)23-10-13-5-2-1-3-6-13/h1-9,11-12,24H,10H2,(H,23,25). The molecular weight excluding hydrogens is 357 g/mol. The summed E-state index contributed by atoms with van der Waals surface area (Å²) in [6, 6.07) is 16.6. The van der Waals surface area contributed by atoms with E-state index in [-0.39, 0.29) is 5.91 Å². The molecule has 1 amide bonds. The summed E-state index contributed by atoms with van der Waals surface area (Å²) < 4.78 is 0. The number of aromatic nitrogens is 1. The highest BCUT2D eigenvalue weighted by Crippen LogP contribution is 2.32. The Bertz CT molecular complexity index is 865. The fourth-order valence-corrected chi connectivity index (χ4v) is 2.77. The van der Waals surface area contributed by atoms with Crippen LogP contribution in [0, 0.1) is 0 Å². The summed E-state index contributed by atoms with van der Waals surface area (Å²) in [5.74, 6) is -0.203. The second-order valence-corrected chi connectivity index (χ2v) is 6.17. The van der Waals surface area contributed by atoms with Gasteiger partial charge in [-0.3, -0.25) is 9.78 Å². The van der Waals surface area contributed by atoms with E-state index < -0.39 is 0 Å². The largest absolute Gasteiger partial charge is 0.352 e. The van der Waals surface area contributed by atoms with Crippen molar-refractivity contribution < 1.29 is 4.79 Å². The van der Waals surface area contributed by atoms with Gasteiger partial charge in [0.2, 0.25) is 0 Å². The summed E-state index contributed by atoms with van der Waals surface area (Å²) in [4.78, 5) is 16.4. The molecule has 0 radical (unpaired) electrons. The number of pyridine rings is 1. The van der Waals surface area contributed by atoms with Crippen molar-refractivity contribution in [3.8, 4) is 0 Å². The molecule has 0 bridgehead atoms. The number of amides is 1. The lowest BCUT2D eigenvalue weighted by Crippen LogP contribution is -2.22. The molecule has 0 atom stereocenters. The van der Waals surface area contributed by atoms with Crippen LogP contribution in [0.4, 0.5) is 11.4 Å². The summed E-state index contributed by atoms with van der Waals surface area (Å²) in [7, 11) is 0.